The van der Waals surface area contributed by atoms with Gasteiger partial charge in [-0.05, 0) is 23.8 Å². The molecule has 0 saturated heterocycles. The number of nitrogens with zero attached hydrogens (tertiary/aromatic N) is 1. The highest BCUT2D eigenvalue weighted by Crippen LogP contribution is 2.22. The monoisotopic (exact) mass is 325 g/mol. The highest BCUT2D eigenvalue weighted by Gasteiger charge is 2.42. The molecule has 0 radical (unpaired) electrons. The quantitative estimate of drug-likeness (QED) is 0.345. The SMILES string of the molecule is CCC(=O)/C(=C/C=C/c1ccc(N(C)C)cc1)C(=O)C(F)(F)F. The van der Waals surface area contributed by atoms with Gasteiger partial charge in [0.15, 0.2) is 5.78 Å². The van der Waals surface area contributed by atoms with Gasteiger partial charge in [-0.15, -0.1) is 0 Å². The van der Waals surface area contributed by atoms with E-state index in [4.69, 9.17) is 0 Å². The first-order valence-electron chi connectivity index (χ1n) is 6.97. The molecule has 0 aromatic heterocycles. The molecule has 0 spiro atoms. The molecule has 0 aliphatic heterocycles. The topological polar surface area (TPSA) is 37.4 Å². The van der Waals surface area contributed by atoms with Crippen molar-refractivity contribution < 1.29 is 22.8 Å². The lowest BCUT2D eigenvalue weighted by Gasteiger charge is -2.11. The number of allylic oxidation sites excluding steroid dienone is 3. The van der Waals surface area contributed by atoms with Crippen molar-refractivity contribution in [1.82, 2.24) is 0 Å². The number of rotatable bonds is 6. The van der Waals surface area contributed by atoms with Gasteiger partial charge in [0.25, 0.3) is 5.78 Å². The number of ketones is 2. The van der Waals surface area contributed by atoms with E-state index < -0.39 is 23.3 Å². The van der Waals surface area contributed by atoms with Crippen LogP contribution in [-0.4, -0.2) is 31.8 Å². The number of benzene rings is 1. The molecular formula is C17H18F3NO2. The van der Waals surface area contributed by atoms with E-state index in [9.17, 15) is 22.8 Å². The Kier molecular flexibility index (Phi) is 6.30. The Bertz CT molecular complexity index is 626. The standard InChI is InChI=1S/C17H18F3NO2/c1-4-15(22)14(16(23)17(18,19)20)7-5-6-12-8-10-13(11-9-12)21(2)3/h5-11H,4H2,1-3H3/b6-5+,14-7-. The first kappa shape index (κ1) is 18.7. The van der Waals surface area contributed by atoms with Crippen LogP contribution in [0, 0.1) is 0 Å². The van der Waals surface area contributed by atoms with Crippen LogP contribution < -0.4 is 4.90 Å². The first-order valence-corrected chi connectivity index (χ1v) is 6.97. The van der Waals surface area contributed by atoms with Gasteiger partial charge in [-0.25, -0.2) is 0 Å². The molecule has 0 aliphatic rings. The molecule has 6 heteroatoms. The Morgan fingerprint density at radius 2 is 1.70 bits per heavy atom. The highest BCUT2D eigenvalue weighted by atomic mass is 19.4. The first-order chi connectivity index (χ1) is 10.7. The summed E-state index contributed by atoms with van der Waals surface area (Å²) < 4.78 is 37.5. The number of alkyl halides is 3. The predicted octanol–water partition coefficient (Wildman–Crippen LogP) is 3.80. The fourth-order valence-corrected chi connectivity index (χ4v) is 1.78. The molecule has 1 aromatic rings. The highest BCUT2D eigenvalue weighted by molar-refractivity contribution is 6.22. The van der Waals surface area contributed by atoms with E-state index in [2.05, 4.69) is 0 Å². The van der Waals surface area contributed by atoms with Crippen molar-refractivity contribution in [2.24, 2.45) is 0 Å². The van der Waals surface area contributed by atoms with Crippen LogP contribution in [0.2, 0.25) is 0 Å². The average molecular weight is 325 g/mol. The fourth-order valence-electron chi connectivity index (χ4n) is 1.78. The summed E-state index contributed by atoms with van der Waals surface area (Å²) in [5.74, 6) is -2.95. The zero-order chi connectivity index (χ0) is 17.6. The van der Waals surface area contributed by atoms with Crippen molar-refractivity contribution in [2.45, 2.75) is 19.5 Å². The Morgan fingerprint density at radius 1 is 1.13 bits per heavy atom. The van der Waals surface area contributed by atoms with Crippen LogP contribution in [-0.2, 0) is 9.59 Å². The van der Waals surface area contributed by atoms with Gasteiger partial charge in [-0.1, -0.05) is 31.2 Å². The van der Waals surface area contributed by atoms with Crippen LogP contribution in [0.15, 0.2) is 42.0 Å². The molecule has 3 nitrogen and oxygen atoms in total. The molecular weight excluding hydrogens is 307 g/mol. The van der Waals surface area contributed by atoms with Gasteiger partial charge in [0.2, 0.25) is 0 Å². The van der Waals surface area contributed by atoms with Gasteiger partial charge in [0.1, 0.15) is 0 Å². The van der Waals surface area contributed by atoms with E-state index in [0.717, 1.165) is 17.3 Å². The third kappa shape index (κ3) is 5.39. The van der Waals surface area contributed by atoms with Crippen LogP contribution >= 0.6 is 0 Å². The smallest absolute Gasteiger partial charge is 0.378 e. The van der Waals surface area contributed by atoms with Crippen LogP contribution in [0.3, 0.4) is 0 Å². The summed E-state index contributed by atoms with van der Waals surface area (Å²) in [5, 5.41) is 0. The Morgan fingerprint density at radius 3 is 2.13 bits per heavy atom. The van der Waals surface area contributed by atoms with Crippen LogP contribution in [0.1, 0.15) is 18.9 Å². The van der Waals surface area contributed by atoms with E-state index in [1.165, 1.54) is 19.1 Å². The minimum atomic E-state index is -5.06. The maximum Gasteiger partial charge on any atom is 0.455 e. The molecule has 0 saturated carbocycles. The van der Waals surface area contributed by atoms with Gasteiger partial charge in [0.05, 0.1) is 5.57 Å². The van der Waals surface area contributed by atoms with Crippen molar-refractivity contribution in [1.29, 1.82) is 0 Å². The van der Waals surface area contributed by atoms with Gasteiger partial charge in [0, 0.05) is 26.2 Å². The number of carbonyl (C=O) groups excluding carboxylic acids is 2. The lowest BCUT2D eigenvalue weighted by atomic mass is 10.0. The summed E-state index contributed by atoms with van der Waals surface area (Å²) in [6.07, 6.45) is -1.50. The Balaban J connectivity index is 3.00. The second-order valence-corrected chi connectivity index (χ2v) is 5.03. The molecule has 23 heavy (non-hydrogen) atoms. The van der Waals surface area contributed by atoms with E-state index in [-0.39, 0.29) is 6.42 Å². The molecule has 0 unspecified atom stereocenters. The van der Waals surface area contributed by atoms with E-state index in [1.54, 1.807) is 12.1 Å². The van der Waals surface area contributed by atoms with Gasteiger partial charge >= 0.3 is 6.18 Å². The Labute approximate surface area is 133 Å². The van der Waals surface area contributed by atoms with Crippen LogP contribution in [0.5, 0.6) is 0 Å². The second-order valence-electron chi connectivity index (χ2n) is 5.03. The third-order valence-corrected chi connectivity index (χ3v) is 3.08. The van der Waals surface area contributed by atoms with Crippen molar-refractivity contribution in [2.75, 3.05) is 19.0 Å². The van der Waals surface area contributed by atoms with E-state index in [1.807, 2.05) is 31.1 Å². The van der Waals surface area contributed by atoms with Crippen LogP contribution in [0.4, 0.5) is 18.9 Å². The summed E-state index contributed by atoms with van der Waals surface area (Å²) in [4.78, 5) is 24.7. The van der Waals surface area contributed by atoms with Crippen molar-refractivity contribution in [3.05, 3.63) is 47.6 Å². The van der Waals surface area contributed by atoms with E-state index in [0.29, 0.717) is 0 Å². The summed E-state index contributed by atoms with van der Waals surface area (Å²) in [7, 11) is 3.78. The molecule has 0 atom stereocenters. The average Bonchev–Trinajstić information content (AvgIpc) is 2.49. The predicted molar refractivity (Wildman–Crippen MR) is 84.2 cm³/mol. The largest absolute Gasteiger partial charge is 0.455 e. The summed E-state index contributed by atoms with van der Waals surface area (Å²) in [6.45, 7) is 1.41. The minimum absolute atomic E-state index is 0.168. The summed E-state index contributed by atoms with van der Waals surface area (Å²) in [5.41, 5.74) is 0.877. The number of anilines is 1. The third-order valence-electron chi connectivity index (χ3n) is 3.08. The Hall–Kier alpha value is -2.37. The number of hydrogen-bond acceptors (Lipinski definition) is 3. The van der Waals surface area contributed by atoms with E-state index >= 15 is 0 Å². The maximum atomic E-state index is 12.5. The summed E-state index contributed by atoms with van der Waals surface area (Å²) in [6, 6.07) is 7.27. The normalized spacial score (nSPS) is 12.5. The number of carbonyl (C=O) groups is 2. The molecule has 0 aliphatic carbocycles. The molecule has 0 amide bonds. The molecule has 124 valence electrons. The van der Waals surface area contributed by atoms with Crippen molar-refractivity contribution >= 4 is 23.3 Å². The molecule has 0 heterocycles. The van der Waals surface area contributed by atoms with Gasteiger partial charge in [-0.2, -0.15) is 13.2 Å². The molecule has 0 N–H and O–H groups in total. The lowest BCUT2D eigenvalue weighted by molar-refractivity contribution is -0.167. The molecule has 1 rings (SSSR count). The van der Waals surface area contributed by atoms with Gasteiger partial charge in [-0.3, -0.25) is 9.59 Å². The minimum Gasteiger partial charge on any atom is -0.378 e. The zero-order valence-corrected chi connectivity index (χ0v) is 13.1. The summed E-state index contributed by atoms with van der Waals surface area (Å²) >= 11 is 0. The number of halogens is 3. The van der Waals surface area contributed by atoms with Crippen molar-refractivity contribution in [3.63, 3.8) is 0 Å². The molecule has 0 bridgehead atoms. The van der Waals surface area contributed by atoms with Crippen LogP contribution in [0.25, 0.3) is 6.08 Å². The van der Waals surface area contributed by atoms with Crippen molar-refractivity contribution in [3.8, 4) is 0 Å². The second kappa shape index (κ2) is 7.76. The lowest BCUT2D eigenvalue weighted by Crippen LogP contribution is -2.28. The molecule has 1 aromatic carbocycles. The van der Waals surface area contributed by atoms with Gasteiger partial charge < -0.3 is 4.90 Å². The maximum absolute atomic E-state index is 12.5. The molecule has 0 fully saturated rings. The zero-order valence-electron chi connectivity index (χ0n) is 13.1. The number of Topliss-reactive ketones (excluding diaryl/α,β-unsaturated/α-hetero) is 2. The number of hydrogen-bond donors (Lipinski definition) is 0. The fraction of sp³-hybridized carbons (Fsp3) is 0.294.